The van der Waals surface area contributed by atoms with E-state index >= 15 is 0 Å². The number of rotatable bonds is 3. The van der Waals surface area contributed by atoms with Gasteiger partial charge in [-0.1, -0.05) is 0 Å². The van der Waals surface area contributed by atoms with Crippen molar-refractivity contribution in [3.8, 4) is 0 Å². The van der Waals surface area contributed by atoms with Gasteiger partial charge in [0.2, 0.25) is 1.43 Å². The molecule has 2 heterocycles. The standard InChI is InChI=1S/C9H11BrN2O5.Ac/c10-4-2-12(9(16)11-8(4)15)7-1-5(14)6(3-13)17-7;/h2,5-7,13-14H,1,3H2,(H,11,15,16);/t5-,6-,7-;/m1./s1/i14T;. The largest absolute Gasteiger partial charge is 0.394 e. The number of aromatic amines is 1. The van der Waals surface area contributed by atoms with Crippen LogP contribution in [0.15, 0.2) is 20.3 Å². The van der Waals surface area contributed by atoms with E-state index in [9.17, 15) is 9.59 Å². The maximum atomic E-state index is 11.6. The molecule has 0 aliphatic carbocycles. The first-order valence-corrected chi connectivity index (χ1v) is 5.75. The molecule has 1 fully saturated rings. The van der Waals surface area contributed by atoms with Crippen LogP contribution in [0.3, 0.4) is 0 Å². The number of hydrogen-bond acceptors (Lipinski definition) is 5. The summed E-state index contributed by atoms with van der Waals surface area (Å²) < 4.78 is 13.7. The summed E-state index contributed by atoms with van der Waals surface area (Å²) in [6, 6.07) is 0. The third-order valence-corrected chi connectivity index (χ3v) is 3.16. The fraction of sp³-hybridized carbons (Fsp3) is 0.556. The molecular formula is C9H11AcBrN2O5. The van der Waals surface area contributed by atoms with Gasteiger partial charge in [-0.3, -0.25) is 14.3 Å². The van der Waals surface area contributed by atoms with E-state index in [0.29, 0.717) is 0 Å². The number of H-pyrrole nitrogens is 1. The van der Waals surface area contributed by atoms with Crippen molar-refractivity contribution in [3.05, 3.63) is 31.5 Å². The van der Waals surface area contributed by atoms with Gasteiger partial charge in [0, 0.05) is 56.7 Å². The molecular weight excluding hydrogens is 523 g/mol. The average Bonchev–Trinajstić information content (AvgIpc) is 2.76. The van der Waals surface area contributed by atoms with Crippen LogP contribution >= 0.6 is 15.9 Å². The Balaban J connectivity index is 0.00000180. The molecule has 0 spiro atoms. The molecule has 9 heteroatoms. The summed E-state index contributed by atoms with van der Waals surface area (Å²) in [7, 11) is 0. The molecule has 1 aromatic heterocycles. The van der Waals surface area contributed by atoms with Crippen molar-refractivity contribution >= 4 is 15.9 Å². The van der Waals surface area contributed by atoms with Crippen molar-refractivity contribution in [1.29, 1.82) is 1.43 Å². The predicted octanol–water partition coefficient (Wildman–Crippen LogP) is -1.06. The molecule has 0 bridgehead atoms. The van der Waals surface area contributed by atoms with E-state index in [2.05, 4.69) is 26.0 Å². The molecule has 1 aromatic rings. The number of hydrogen-bond donors (Lipinski definition) is 3. The van der Waals surface area contributed by atoms with Gasteiger partial charge in [0.1, 0.15) is 12.3 Å². The Morgan fingerprint density at radius 1 is 1.67 bits per heavy atom. The molecule has 1 aliphatic heterocycles. The molecule has 1 radical (unpaired) electrons. The van der Waals surface area contributed by atoms with E-state index in [1.165, 1.54) is 10.8 Å². The summed E-state index contributed by atoms with van der Waals surface area (Å²) in [4.78, 5) is 24.9. The third kappa shape index (κ3) is 3.32. The van der Waals surface area contributed by atoms with Crippen molar-refractivity contribution in [2.45, 2.75) is 24.9 Å². The van der Waals surface area contributed by atoms with Gasteiger partial charge < -0.3 is 15.0 Å². The molecule has 0 aromatic carbocycles. The van der Waals surface area contributed by atoms with Crippen LogP contribution in [0, 0.1) is 44.1 Å². The minimum Gasteiger partial charge on any atom is -0.394 e. The Kier molecular flexibility index (Phi) is 5.60. The number of ether oxygens (including phenoxy) is 1. The van der Waals surface area contributed by atoms with Crippen LogP contribution in [0.25, 0.3) is 0 Å². The number of aromatic nitrogens is 2. The van der Waals surface area contributed by atoms with Crippen LogP contribution in [0.4, 0.5) is 0 Å². The summed E-state index contributed by atoms with van der Waals surface area (Å²) in [6.07, 6.45) is -0.402. The number of halogens is 1. The topological polar surface area (TPSA) is 105 Å². The maximum Gasteiger partial charge on any atom is 0.330 e. The Bertz CT molecular complexity index is 538. The molecule has 0 unspecified atom stereocenters. The molecule has 1 saturated heterocycles. The van der Waals surface area contributed by atoms with Crippen molar-refractivity contribution in [3.63, 3.8) is 0 Å². The summed E-state index contributed by atoms with van der Waals surface area (Å²) in [5, 5.41) is 13.5. The Hall–Kier alpha value is 0.482. The predicted molar refractivity (Wildman–Crippen MR) is 60.6 cm³/mol. The van der Waals surface area contributed by atoms with Gasteiger partial charge >= 0.3 is 5.69 Å². The quantitative estimate of drug-likeness (QED) is 0.458. The fourth-order valence-corrected chi connectivity index (χ4v) is 2.03. The number of aliphatic hydroxyl groups excluding tert-OH is 2. The summed E-state index contributed by atoms with van der Waals surface area (Å²) in [5.41, 5.74) is -1.14. The Morgan fingerprint density at radius 2 is 2.39 bits per heavy atom. The molecule has 7 nitrogen and oxygen atoms in total. The molecule has 2 rings (SSSR count). The summed E-state index contributed by atoms with van der Waals surface area (Å²) in [5.74, 6) is 0. The van der Waals surface area contributed by atoms with Gasteiger partial charge in [-0.05, 0) is 15.9 Å². The first-order valence-electron chi connectivity index (χ1n) is 5.37. The minimum absolute atomic E-state index is 0. The Morgan fingerprint density at radius 3 is 2.94 bits per heavy atom. The van der Waals surface area contributed by atoms with Crippen LogP contribution in [0.1, 0.15) is 12.6 Å². The first kappa shape index (κ1) is 14.9. The zero-order chi connectivity index (χ0) is 13.3. The van der Waals surface area contributed by atoms with Gasteiger partial charge in [0.25, 0.3) is 5.56 Å². The smallest absolute Gasteiger partial charge is 0.330 e. The second-order valence-electron chi connectivity index (χ2n) is 3.73. The van der Waals surface area contributed by atoms with Gasteiger partial charge in [0.05, 0.1) is 17.2 Å². The van der Waals surface area contributed by atoms with Crippen molar-refractivity contribution in [2.75, 3.05) is 6.61 Å². The molecule has 1 aliphatic rings. The Labute approximate surface area is 147 Å². The SMILES string of the molecule is [3H]O[C@@H]1C[C@H](n2cc(Br)c(=O)[nH]c2=O)O[C@@H]1CO.[Ac]. The molecule has 3 atom stereocenters. The average molecular weight is 536 g/mol. The van der Waals surface area contributed by atoms with E-state index < -0.39 is 29.7 Å². The van der Waals surface area contributed by atoms with Gasteiger partial charge in [-0.25, -0.2) is 4.79 Å². The molecule has 18 heavy (non-hydrogen) atoms. The number of nitrogens with one attached hydrogen (secondary N) is 1. The number of nitrogens with zero attached hydrogens (tertiary/aromatic N) is 1. The first-order chi connectivity index (χ1) is 8.56. The van der Waals surface area contributed by atoms with Gasteiger partial charge in [-0.2, -0.15) is 0 Å². The third-order valence-electron chi connectivity index (χ3n) is 2.60. The van der Waals surface area contributed by atoms with Crippen molar-refractivity contribution < 1.29 is 59.0 Å². The van der Waals surface area contributed by atoms with E-state index in [1.54, 1.807) is 0 Å². The molecule has 0 amide bonds. The van der Waals surface area contributed by atoms with Crippen molar-refractivity contribution in [1.82, 2.24) is 9.55 Å². The second kappa shape index (κ2) is 6.77. The van der Waals surface area contributed by atoms with Crippen LogP contribution in [-0.4, -0.2) is 40.0 Å². The fourth-order valence-electron chi connectivity index (χ4n) is 1.71. The zero-order valence-electron chi connectivity index (χ0n) is 10.2. The van der Waals surface area contributed by atoms with E-state index in [1.807, 2.05) is 0 Å². The van der Waals surface area contributed by atoms with Crippen LogP contribution in [0.2, 0.25) is 0 Å². The second-order valence-corrected chi connectivity index (χ2v) is 4.58. The minimum atomic E-state index is -0.682. The molecule has 97 valence electrons. The van der Waals surface area contributed by atoms with E-state index in [-0.39, 0.29) is 61.6 Å². The van der Waals surface area contributed by atoms with Crippen LogP contribution < -0.4 is 11.2 Å². The van der Waals surface area contributed by atoms with E-state index in [4.69, 9.17) is 11.3 Å². The van der Waals surface area contributed by atoms with Crippen LogP contribution in [0.5, 0.6) is 0 Å². The number of aliphatic hydroxyl groups is 2. The summed E-state index contributed by atoms with van der Waals surface area (Å²) in [6.45, 7) is -0.306. The maximum absolute atomic E-state index is 11.6. The summed E-state index contributed by atoms with van der Waals surface area (Å²) >= 11 is 3.01. The van der Waals surface area contributed by atoms with Gasteiger partial charge in [-0.15, -0.1) is 0 Å². The van der Waals surface area contributed by atoms with Gasteiger partial charge in [0.15, 0.2) is 0 Å². The van der Waals surface area contributed by atoms with Crippen LogP contribution in [-0.2, 0) is 4.74 Å². The molecule has 0 saturated carbocycles. The van der Waals surface area contributed by atoms with Crippen molar-refractivity contribution in [2.24, 2.45) is 0 Å². The monoisotopic (exact) mass is 535 g/mol. The normalized spacial score (nSPS) is 27.7. The molecule has 3 N–H and O–H groups in total. The zero-order valence-corrected chi connectivity index (χ0v) is 15.5. The van der Waals surface area contributed by atoms with E-state index in [0.717, 1.165) is 0 Å².